The predicted molar refractivity (Wildman–Crippen MR) is 147 cm³/mol. The molecule has 1 aromatic heterocycles. The number of para-hydroxylation sites is 1. The lowest BCUT2D eigenvalue weighted by Gasteiger charge is -2.10. The minimum Gasteiger partial charge on any atom is -0.272 e. The second kappa shape index (κ2) is 10.8. The Bertz CT molecular complexity index is 1540. The maximum absolute atomic E-state index is 12.7. The maximum Gasteiger partial charge on any atom is 0.250 e. The molecular weight excluding hydrogens is 490 g/mol. The van der Waals surface area contributed by atoms with Gasteiger partial charge in [0.15, 0.2) is 11.0 Å². The summed E-state index contributed by atoms with van der Waals surface area (Å²) in [7, 11) is 0. The van der Waals surface area contributed by atoms with E-state index >= 15 is 0 Å². The molecule has 36 heavy (non-hydrogen) atoms. The number of carbonyl (C=O) groups excluding carboxylic acids is 1. The molecule has 0 spiro atoms. The smallest absolute Gasteiger partial charge is 0.250 e. The molecule has 0 radical (unpaired) electrons. The molecule has 0 fully saturated rings. The molecule has 0 saturated heterocycles. The Morgan fingerprint density at radius 1 is 0.917 bits per heavy atom. The number of halogens is 1. The highest BCUT2D eigenvalue weighted by Gasteiger charge is 2.17. The molecule has 1 heterocycles. The van der Waals surface area contributed by atoms with Crippen LogP contribution in [0.2, 0.25) is 5.02 Å². The van der Waals surface area contributed by atoms with E-state index in [9.17, 15) is 4.79 Å². The summed E-state index contributed by atoms with van der Waals surface area (Å²) in [5.74, 6) is 0.582. The van der Waals surface area contributed by atoms with Crippen molar-refractivity contribution in [1.82, 2.24) is 20.2 Å². The molecular formula is C28H22ClN5OS. The number of thioether (sulfide) groups is 1. The van der Waals surface area contributed by atoms with Gasteiger partial charge in [-0.15, -0.1) is 10.2 Å². The molecule has 1 amide bonds. The van der Waals surface area contributed by atoms with Gasteiger partial charge >= 0.3 is 0 Å². The van der Waals surface area contributed by atoms with E-state index in [1.54, 1.807) is 0 Å². The van der Waals surface area contributed by atoms with E-state index in [0.717, 1.165) is 33.3 Å². The first-order valence-corrected chi connectivity index (χ1v) is 12.7. The van der Waals surface area contributed by atoms with Gasteiger partial charge in [0.1, 0.15) is 0 Å². The lowest BCUT2D eigenvalue weighted by Crippen LogP contribution is -2.21. The molecule has 0 aliphatic heterocycles. The van der Waals surface area contributed by atoms with Gasteiger partial charge in [0, 0.05) is 21.8 Å². The summed E-state index contributed by atoms with van der Waals surface area (Å²) < 4.78 is 1.94. The summed E-state index contributed by atoms with van der Waals surface area (Å²) in [5, 5.41) is 16.6. The Hall–Kier alpha value is -3.94. The Labute approximate surface area is 218 Å². The lowest BCUT2D eigenvalue weighted by molar-refractivity contribution is -0.118. The number of hydrazone groups is 1. The van der Waals surface area contributed by atoms with Gasteiger partial charge in [-0.25, -0.2) is 5.43 Å². The number of amides is 1. The molecule has 4 aromatic carbocycles. The molecule has 0 bridgehead atoms. The molecule has 178 valence electrons. The second-order valence-electron chi connectivity index (χ2n) is 8.03. The highest BCUT2D eigenvalue weighted by Crippen LogP contribution is 2.28. The van der Waals surface area contributed by atoms with E-state index in [1.165, 1.54) is 11.8 Å². The second-order valence-corrected chi connectivity index (χ2v) is 9.41. The van der Waals surface area contributed by atoms with Crippen LogP contribution in [0.1, 0.15) is 12.5 Å². The van der Waals surface area contributed by atoms with Crippen molar-refractivity contribution in [3.05, 3.63) is 108 Å². The highest BCUT2D eigenvalue weighted by atomic mass is 35.5. The molecule has 0 unspecified atom stereocenters. The topological polar surface area (TPSA) is 72.2 Å². The van der Waals surface area contributed by atoms with Crippen molar-refractivity contribution in [1.29, 1.82) is 0 Å². The number of benzene rings is 4. The number of carbonyl (C=O) groups is 1. The van der Waals surface area contributed by atoms with Gasteiger partial charge in [-0.2, -0.15) is 5.10 Å². The zero-order valence-electron chi connectivity index (χ0n) is 19.4. The first-order valence-electron chi connectivity index (χ1n) is 11.3. The van der Waals surface area contributed by atoms with E-state index in [-0.39, 0.29) is 11.7 Å². The number of fused-ring (bicyclic) bond motifs is 1. The molecule has 0 saturated carbocycles. The molecule has 5 rings (SSSR count). The third-order valence-corrected chi connectivity index (χ3v) is 6.79. The van der Waals surface area contributed by atoms with Gasteiger partial charge in [-0.1, -0.05) is 84.0 Å². The van der Waals surface area contributed by atoms with Crippen molar-refractivity contribution < 1.29 is 4.79 Å². The quantitative estimate of drug-likeness (QED) is 0.156. The zero-order valence-corrected chi connectivity index (χ0v) is 21.0. The molecule has 5 aromatic rings. The van der Waals surface area contributed by atoms with Crippen molar-refractivity contribution in [2.24, 2.45) is 5.10 Å². The third kappa shape index (κ3) is 5.17. The van der Waals surface area contributed by atoms with E-state index in [2.05, 4.69) is 38.9 Å². The minimum atomic E-state index is -0.227. The third-order valence-electron chi connectivity index (χ3n) is 5.61. The molecule has 6 nitrogen and oxygen atoms in total. The molecule has 8 heteroatoms. The molecule has 1 N–H and O–H groups in total. The van der Waals surface area contributed by atoms with Crippen molar-refractivity contribution in [3.63, 3.8) is 0 Å². The van der Waals surface area contributed by atoms with E-state index in [4.69, 9.17) is 11.6 Å². The first kappa shape index (κ1) is 23.8. The summed E-state index contributed by atoms with van der Waals surface area (Å²) in [4.78, 5) is 12.7. The summed E-state index contributed by atoms with van der Waals surface area (Å²) in [6, 6.07) is 31.4. The number of hydrogen-bond donors (Lipinski definition) is 1. The van der Waals surface area contributed by atoms with Crippen molar-refractivity contribution in [2.75, 3.05) is 5.75 Å². The normalized spacial score (nSPS) is 11.6. The van der Waals surface area contributed by atoms with Crippen LogP contribution in [0, 0.1) is 0 Å². The van der Waals surface area contributed by atoms with Crippen LogP contribution in [0.15, 0.2) is 107 Å². The van der Waals surface area contributed by atoms with Crippen LogP contribution in [0.25, 0.3) is 27.8 Å². The molecule has 0 aliphatic carbocycles. The monoisotopic (exact) mass is 511 g/mol. The fraction of sp³-hybridized carbons (Fsp3) is 0.0714. The zero-order chi connectivity index (χ0) is 24.9. The van der Waals surface area contributed by atoms with Gasteiger partial charge in [0.2, 0.25) is 0 Å². The summed E-state index contributed by atoms with van der Waals surface area (Å²) >= 11 is 7.36. The maximum atomic E-state index is 12.7. The van der Waals surface area contributed by atoms with Crippen LogP contribution >= 0.6 is 23.4 Å². The Kier molecular flexibility index (Phi) is 7.11. The van der Waals surface area contributed by atoms with Crippen LogP contribution in [0.5, 0.6) is 0 Å². The molecule has 0 aliphatic rings. The van der Waals surface area contributed by atoms with Crippen LogP contribution in [0.3, 0.4) is 0 Å². The summed E-state index contributed by atoms with van der Waals surface area (Å²) in [6.07, 6.45) is 0. The Morgan fingerprint density at radius 2 is 1.64 bits per heavy atom. The Morgan fingerprint density at radius 3 is 2.44 bits per heavy atom. The van der Waals surface area contributed by atoms with Crippen LogP contribution < -0.4 is 5.43 Å². The standard InChI is InChI=1S/C28H22ClN5OS/c1-19(24-13-7-9-20-8-5-6-12-25(20)24)30-31-26(35)18-36-28-33-32-27(21-14-16-22(29)17-15-21)34(28)23-10-3-2-4-11-23/h2-17H,18H2,1H3,(H,31,35). The average molecular weight is 512 g/mol. The first-order chi connectivity index (χ1) is 17.6. The molecule has 0 atom stereocenters. The number of nitrogens with zero attached hydrogens (tertiary/aromatic N) is 4. The van der Waals surface area contributed by atoms with E-state index in [0.29, 0.717) is 16.0 Å². The van der Waals surface area contributed by atoms with Crippen molar-refractivity contribution in [2.45, 2.75) is 12.1 Å². The largest absolute Gasteiger partial charge is 0.272 e. The Balaban J connectivity index is 1.34. The minimum absolute atomic E-state index is 0.137. The van der Waals surface area contributed by atoms with E-state index < -0.39 is 0 Å². The van der Waals surface area contributed by atoms with Gasteiger partial charge in [-0.3, -0.25) is 9.36 Å². The number of nitrogens with one attached hydrogen (secondary N) is 1. The van der Waals surface area contributed by atoms with Gasteiger partial charge in [0.05, 0.1) is 11.5 Å². The summed E-state index contributed by atoms with van der Waals surface area (Å²) in [6.45, 7) is 1.89. The SMILES string of the molecule is CC(=NNC(=O)CSc1nnc(-c2ccc(Cl)cc2)n1-c1ccccc1)c1cccc2ccccc12. The van der Waals surface area contributed by atoms with Crippen molar-refractivity contribution >= 4 is 45.8 Å². The summed E-state index contributed by atoms with van der Waals surface area (Å²) in [5.41, 5.74) is 6.18. The van der Waals surface area contributed by atoms with Gasteiger partial charge in [-0.05, 0) is 54.1 Å². The van der Waals surface area contributed by atoms with Crippen LogP contribution in [0.4, 0.5) is 0 Å². The highest BCUT2D eigenvalue weighted by molar-refractivity contribution is 7.99. The van der Waals surface area contributed by atoms with Gasteiger partial charge < -0.3 is 0 Å². The predicted octanol–water partition coefficient (Wildman–Crippen LogP) is 6.37. The van der Waals surface area contributed by atoms with Crippen LogP contribution in [-0.2, 0) is 4.79 Å². The fourth-order valence-corrected chi connectivity index (χ4v) is 4.74. The van der Waals surface area contributed by atoms with Crippen molar-refractivity contribution in [3.8, 4) is 17.1 Å². The van der Waals surface area contributed by atoms with Crippen LogP contribution in [-0.4, -0.2) is 32.1 Å². The number of aromatic nitrogens is 3. The average Bonchev–Trinajstić information content (AvgIpc) is 3.35. The van der Waals surface area contributed by atoms with Gasteiger partial charge in [0.25, 0.3) is 5.91 Å². The number of hydrogen-bond acceptors (Lipinski definition) is 5. The number of rotatable bonds is 7. The van der Waals surface area contributed by atoms with E-state index in [1.807, 2.05) is 90.4 Å². The fourth-order valence-electron chi connectivity index (χ4n) is 3.87. The lowest BCUT2D eigenvalue weighted by atomic mass is 10.0.